The Balaban J connectivity index is 2.78. The van der Waals surface area contributed by atoms with Crippen molar-refractivity contribution in [3.05, 3.63) is 11.6 Å². The van der Waals surface area contributed by atoms with Crippen LogP contribution in [0.25, 0.3) is 0 Å². The van der Waals surface area contributed by atoms with Gasteiger partial charge in [0.05, 0.1) is 13.2 Å². The van der Waals surface area contributed by atoms with Gasteiger partial charge in [-0.05, 0) is 25.7 Å². The predicted octanol–water partition coefficient (Wildman–Crippen LogP) is 1.33. The third-order valence-corrected chi connectivity index (χ3v) is 3.16. The quantitative estimate of drug-likeness (QED) is 0.614. The summed E-state index contributed by atoms with van der Waals surface area (Å²) in [5.74, 6) is 0.387. The third-order valence-electron chi connectivity index (χ3n) is 3.16. The monoisotopic (exact) mass is 170 g/mol. The van der Waals surface area contributed by atoms with Gasteiger partial charge in [-0.2, -0.15) is 0 Å². The fraction of sp³-hybridized carbons (Fsp3) is 0.800. The third kappa shape index (κ3) is 1.54. The number of allylic oxidation sites excluding steroid dienone is 2. The molecular weight excluding hydrogens is 152 g/mol. The van der Waals surface area contributed by atoms with E-state index in [1.165, 1.54) is 5.57 Å². The molecule has 0 amide bonds. The van der Waals surface area contributed by atoms with Crippen LogP contribution in [0.1, 0.15) is 26.7 Å². The summed E-state index contributed by atoms with van der Waals surface area (Å²) < 4.78 is 0. The molecule has 2 N–H and O–H groups in total. The van der Waals surface area contributed by atoms with Crippen LogP contribution >= 0.6 is 0 Å². The summed E-state index contributed by atoms with van der Waals surface area (Å²) in [6.45, 7) is 4.39. The van der Waals surface area contributed by atoms with Crippen LogP contribution in [-0.2, 0) is 0 Å². The molecule has 1 atom stereocenters. The molecule has 0 fully saturated rings. The minimum absolute atomic E-state index is 0.0917. The van der Waals surface area contributed by atoms with Gasteiger partial charge in [0.1, 0.15) is 0 Å². The maximum Gasteiger partial charge on any atom is 0.0515 e. The summed E-state index contributed by atoms with van der Waals surface area (Å²) in [4.78, 5) is 0. The lowest BCUT2D eigenvalue weighted by Crippen LogP contribution is -2.38. The second-order valence-corrected chi connectivity index (χ2v) is 4.04. The van der Waals surface area contributed by atoms with Gasteiger partial charge in [-0.1, -0.05) is 18.6 Å². The van der Waals surface area contributed by atoms with Crippen molar-refractivity contribution in [2.24, 2.45) is 11.3 Å². The average molecular weight is 170 g/mol. The minimum atomic E-state index is -0.264. The van der Waals surface area contributed by atoms with E-state index in [0.717, 1.165) is 12.8 Å². The number of rotatable bonds is 2. The molecule has 0 bridgehead atoms. The topological polar surface area (TPSA) is 40.5 Å². The summed E-state index contributed by atoms with van der Waals surface area (Å²) in [5.41, 5.74) is 1.11. The summed E-state index contributed by atoms with van der Waals surface area (Å²) >= 11 is 0. The highest BCUT2D eigenvalue weighted by atomic mass is 16.3. The van der Waals surface area contributed by atoms with Crippen molar-refractivity contribution in [3.63, 3.8) is 0 Å². The van der Waals surface area contributed by atoms with Crippen LogP contribution < -0.4 is 0 Å². The standard InChI is InChI=1S/C10H18O2/c1-8-3-4-10(6-11,7-12)9(2)5-8/h3,9,11-12H,4-7H2,1-2H3/t9-/m1/s1. The summed E-state index contributed by atoms with van der Waals surface area (Å²) in [6, 6.07) is 0. The van der Waals surface area contributed by atoms with E-state index >= 15 is 0 Å². The number of aliphatic hydroxyl groups excluding tert-OH is 2. The van der Waals surface area contributed by atoms with Crippen molar-refractivity contribution in [2.75, 3.05) is 13.2 Å². The molecule has 0 aliphatic heterocycles. The Morgan fingerprint density at radius 3 is 2.50 bits per heavy atom. The maximum absolute atomic E-state index is 9.21. The van der Waals surface area contributed by atoms with Gasteiger partial charge in [-0.25, -0.2) is 0 Å². The van der Waals surface area contributed by atoms with E-state index in [-0.39, 0.29) is 18.6 Å². The first-order valence-electron chi connectivity index (χ1n) is 4.52. The fourth-order valence-corrected chi connectivity index (χ4v) is 1.85. The van der Waals surface area contributed by atoms with Crippen LogP contribution in [0, 0.1) is 11.3 Å². The van der Waals surface area contributed by atoms with E-state index in [0.29, 0.717) is 5.92 Å². The molecule has 2 heteroatoms. The molecule has 1 rings (SSSR count). The molecule has 0 heterocycles. The van der Waals surface area contributed by atoms with Crippen molar-refractivity contribution in [2.45, 2.75) is 26.7 Å². The van der Waals surface area contributed by atoms with Crippen molar-refractivity contribution < 1.29 is 10.2 Å². The predicted molar refractivity (Wildman–Crippen MR) is 48.8 cm³/mol. The van der Waals surface area contributed by atoms with E-state index in [4.69, 9.17) is 0 Å². The van der Waals surface area contributed by atoms with Crippen molar-refractivity contribution in [1.29, 1.82) is 0 Å². The highest BCUT2D eigenvalue weighted by Crippen LogP contribution is 2.39. The van der Waals surface area contributed by atoms with E-state index in [9.17, 15) is 10.2 Å². The first-order valence-corrected chi connectivity index (χ1v) is 4.52. The Kier molecular flexibility index (Phi) is 2.91. The van der Waals surface area contributed by atoms with Gasteiger partial charge in [0.25, 0.3) is 0 Å². The molecule has 0 aromatic rings. The molecule has 0 aromatic heterocycles. The molecule has 70 valence electrons. The number of aliphatic hydroxyl groups is 2. The zero-order chi connectivity index (χ0) is 9.19. The molecule has 0 aromatic carbocycles. The smallest absolute Gasteiger partial charge is 0.0515 e. The van der Waals surface area contributed by atoms with Gasteiger partial charge in [-0.15, -0.1) is 0 Å². The summed E-state index contributed by atoms with van der Waals surface area (Å²) in [7, 11) is 0. The van der Waals surface area contributed by atoms with Gasteiger partial charge < -0.3 is 10.2 Å². The molecular formula is C10H18O2. The normalized spacial score (nSPS) is 28.3. The Bertz CT molecular complexity index is 180. The van der Waals surface area contributed by atoms with Crippen molar-refractivity contribution in [1.82, 2.24) is 0 Å². The Hall–Kier alpha value is -0.340. The van der Waals surface area contributed by atoms with Crippen LogP contribution in [0.15, 0.2) is 11.6 Å². The average Bonchev–Trinajstić information content (AvgIpc) is 2.06. The molecule has 1 aliphatic rings. The second kappa shape index (κ2) is 3.58. The van der Waals surface area contributed by atoms with Gasteiger partial charge in [0.15, 0.2) is 0 Å². The Morgan fingerprint density at radius 1 is 1.50 bits per heavy atom. The van der Waals surface area contributed by atoms with Crippen LogP contribution in [0.2, 0.25) is 0 Å². The number of hydrogen-bond donors (Lipinski definition) is 2. The largest absolute Gasteiger partial charge is 0.396 e. The van der Waals surface area contributed by atoms with Crippen LogP contribution in [0.5, 0.6) is 0 Å². The zero-order valence-electron chi connectivity index (χ0n) is 7.88. The Morgan fingerprint density at radius 2 is 2.08 bits per heavy atom. The van der Waals surface area contributed by atoms with Crippen molar-refractivity contribution >= 4 is 0 Å². The lowest BCUT2D eigenvalue weighted by molar-refractivity contribution is 0.00747. The highest BCUT2D eigenvalue weighted by Gasteiger charge is 2.36. The second-order valence-electron chi connectivity index (χ2n) is 4.04. The van der Waals surface area contributed by atoms with E-state index in [1.807, 2.05) is 0 Å². The molecule has 0 saturated carbocycles. The Labute approximate surface area is 73.9 Å². The first kappa shape index (κ1) is 9.75. The molecule has 0 spiro atoms. The van der Waals surface area contributed by atoms with E-state index < -0.39 is 0 Å². The molecule has 2 nitrogen and oxygen atoms in total. The zero-order valence-corrected chi connectivity index (χ0v) is 7.88. The maximum atomic E-state index is 9.21. The molecule has 1 aliphatic carbocycles. The van der Waals surface area contributed by atoms with Crippen LogP contribution in [0.4, 0.5) is 0 Å². The van der Waals surface area contributed by atoms with Gasteiger partial charge in [0, 0.05) is 5.41 Å². The minimum Gasteiger partial charge on any atom is -0.396 e. The molecule has 0 radical (unpaired) electrons. The van der Waals surface area contributed by atoms with Crippen molar-refractivity contribution in [3.8, 4) is 0 Å². The van der Waals surface area contributed by atoms with E-state index in [1.54, 1.807) is 0 Å². The molecule has 12 heavy (non-hydrogen) atoms. The molecule has 0 unspecified atom stereocenters. The summed E-state index contributed by atoms with van der Waals surface area (Å²) in [5, 5.41) is 18.4. The lowest BCUT2D eigenvalue weighted by Gasteiger charge is -2.38. The SMILES string of the molecule is CC1=CCC(CO)(CO)[C@H](C)C1. The van der Waals surface area contributed by atoms with E-state index in [2.05, 4.69) is 19.9 Å². The first-order chi connectivity index (χ1) is 5.64. The number of hydrogen-bond acceptors (Lipinski definition) is 2. The van der Waals surface area contributed by atoms with Crippen LogP contribution in [-0.4, -0.2) is 23.4 Å². The van der Waals surface area contributed by atoms with Gasteiger partial charge >= 0.3 is 0 Å². The molecule has 0 saturated heterocycles. The van der Waals surface area contributed by atoms with Gasteiger partial charge in [0.2, 0.25) is 0 Å². The highest BCUT2D eigenvalue weighted by molar-refractivity contribution is 5.09. The lowest BCUT2D eigenvalue weighted by atomic mass is 9.69. The van der Waals surface area contributed by atoms with Crippen LogP contribution in [0.3, 0.4) is 0 Å². The van der Waals surface area contributed by atoms with Gasteiger partial charge in [-0.3, -0.25) is 0 Å². The fourth-order valence-electron chi connectivity index (χ4n) is 1.85. The summed E-state index contributed by atoms with van der Waals surface area (Å²) in [6.07, 6.45) is 3.94.